The molecule has 16 heterocycles. The summed E-state index contributed by atoms with van der Waals surface area (Å²) in [4.78, 5) is 274. The third kappa shape index (κ3) is 17.1. The minimum atomic E-state index is -1.35. The van der Waals surface area contributed by atoms with E-state index in [1.165, 1.54) is 32.0 Å². The third-order valence-corrected chi connectivity index (χ3v) is 29.1. The standard InChI is InChI=1S/C88H118N18O18/c107-72(58-22-5-39-93(58)76(111)62-26-9-43-97(62)80(115)66-30-13-47-101(66)84(119)70-34-17-51-105(70)86(121)68-32-15-49-103(68)82(117)64-28-11-45-99(64)78(113)60-24-7-41-95(60)74(109)55-19-3-36-89-53-55)91-38-2-1-21-57(88(123)124)92-73(108)59-23-6-40-94(59)77(112)63-27-10-44-98(63)81(116)67-31-14-48-102(67)85(120)71-35-18-52-106(71)87(122)69-33-16-50-104(69)83(118)65-29-12-46-100(65)79(114)61-25-8-42-96(61)75(110)56-20-4-37-90-54-56/h3-4,19-20,36-37,53-54,57-71H,1-2,5-18,21-35,38-52H2,(H,91,107)(H,92,108)(H,123,124)/t57-,58-,59-,60-,61-,62-,63-,64-,65-,66-,67-,68-,69-,70-,71-/m0/s1. The summed E-state index contributed by atoms with van der Waals surface area (Å²) in [5.74, 6) is -7.19. The largest absolute Gasteiger partial charge is 0.480 e. The van der Waals surface area contributed by atoms with E-state index in [1.807, 2.05) is 0 Å². The number of carboxylic acids is 1. The lowest BCUT2D eigenvalue weighted by Crippen LogP contribution is -2.59. The molecule has 124 heavy (non-hydrogen) atoms. The molecular formula is C88H118N18O18. The molecule has 14 aliphatic rings. The average molecular weight is 1720 g/mol. The van der Waals surface area contributed by atoms with Crippen LogP contribution in [-0.2, 0) is 71.9 Å². The molecule has 0 aromatic carbocycles. The van der Waals surface area contributed by atoms with Crippen molar-refractivity contribution >= 4 is 100 Å². The fourth-order valence-electron chi connectivity index (χ4n) is 22.9. The number of nitrogens with one attached hydrogen (secondary N) is 2. The van der Waals surface area contributed by atoms with Gasteiger partial charge in [-0.1, -0.05) is 0 Å². The number of aromatic nitrogens is 2. The van der Waals surface area contributed by atoms with Gasteiger partial charge >= 0.3 is 5.97 Å². The summed E-state index contributed by atoms with van der Waals surface area (Å²) in [5, 5.41) is 16.0. The molecule has 14 fully saturated rings. The topological polar surface area (TPSA) is 406 Å². The van der Waals surface area contributed by atoms with Gasteiger partial charge in [-0.2, -0.15) is 0 Å². The second-order valence-corrected chi connectivity index (χ2v) is 36.3. The van der Waals surface area contributed by atoms with Gasteiger partial charge in [0.15, 0.2) is 0 Å². The Morgan fingerprint density at radius 2 is 0.484 bits per heavy atom. The molecule has 36 heteroatoms. The molecule has 16 rings (SSSR count). The molecule has 0 bridgehead atoms. The number of likely N-dealkylation sites (tertiary alicyclic amines) is 14. The van der Waals surface area contributed by atoms with Crippen molar-refractivity contribution in [3.05, 3.63) is 60.2 Å². The molecule has 2 aromatic rings. The van der Waals surface area contributed by atoms with Crippen LogP contribution in [0.2, 0.25) is 0 Å². The van der Waals surface area contributed by atoms with Crippen LogP contribution in [0, 0.1) is 0 Å². The van der Waals surface area contributed by atoms with E-state index in [9.17, 15) is 86.6 Å². The first kappa shape index (κ1) is 86.8. The fourth-order valence-corrected chi connectivity index (χ4v) is 22.9. The van der Waals surface area contributed by atoms with Crippen molar-refractivity contribution in [3.8, 4) is 0 Å². The Morgan fingerprint density at radius 3 is 0.702 bits per heavy atom. The lowest BCUT2D eigenvalue weighted by molar-refractivity contribution is -0.154. The van der Waals surface area contributed by atoms with Crippen LogP contribution in [0.5, 0.6) is 0 Å². The monoisotopic (exact) mass is 1710 g/mol. The van der Waals surface area contributed by atoms with Gasteiger partial charge in [-0.3, -0.25) is 86.7 Å². The van der Waals surface area contributed by atoms with Crippen LogP contribution in [0.1, 0.15) is 220 Å². The number of carbonyl (C=O) groups is 17. The second kappa shape index (κ2) is 38.0. The number of nitrogens with zero attached hydrogens (tertiary/aromatic N) is 16. The van der Waals surface area contributed by atoms with Crippen LogP contribution in [0.4, 0.5) is 0 Å². The predicted molar refractivity (Wildman–Crippen MR) is 440 cm³/mol. The maximum absolute atomic E-state index is 14.9. The van der Waals surface area contributed by atoms with Gasteiger partial charge in [-0.15, -0.1) is 0 Å². The first-order chi connectivity index (χ1) is 60.1. The highest BCUT2D eigenvalue weighted by atomic mass is 16.4. The van der Waals surface area contributed by atoms with Gasteiger partial charge in [-0.05, 0) is 223 Å². The summed E-state index contributed by atoms with van der Waals surface area (Å²) < 4.78 is 0. The molecule has 0 aliphatic carbocycles. The SMILES string of the molecule is O=C(O)[C@H](CCCCNC(=O)[C@@H]1CCCN1C(=O)[C@@H]1CCCN1C(=O)[C@@H]1CCCN1C(=O)[C@@H]1CCCN1C(=O)[C@@H]1CCCN1C(=O)[C@@H]1CCCN1C(=O)[C@@H]1CCCN1C(=O)c1cccnc1)NC(=O)[C@@H]1CCCN1C(=O)[C@@H]1CCCN1C(=O)[C@@H]1CCCN1C(=O)[C@@H]1CCCN1C(=O)[C@@H]1CCCN1C(=O)[C@@H]1CCCN1C(=O)[C@@H]1CCCN1C(=O)c1cccnc1. The van der Waals surface area contributed by atoms with Crippen LogP contribution in [0.15, 0.2) is 49.1 Å². The zero-order valence-electron chi connectivity index (χ0n) is 70.8. The number of aliphatic carboxylic acids is 1. The van der Waals surface area contributed by atoms with Crippen LogP contribution < -0.4 is 10.6 Å². The summed E-state index contributed by atoms with van der Waals surface area (Å²) in [6.45, 7) is 4.28. The van der Waals surface area contributed by atoms with Crippen LogP contribution in [0.3, 0.4) is 0 Å². The smallest absolute Gasteiger partial charge is 0.326 e. The third-order valence-electron chi connectivity index (χ3n) is 29.1. The van der Waals surface area contributed by atoms with Gasteiger partial charge in [0.05, 0.1) is 11.1 Å². The number of carboxylic acid groups (broad SMARTS) is 1. The van der Waals surface area contributed by atoms with E-state index in [4.69, 9.17) is 0 Å². The number of carbonyl (C=O) groups excluding carboxylic acids is 16. The number of rotatable bonds is 23. The molecular weight excluding hydrogens is 1600 g/mol. The van der Waals surface area contributed by atoms with E-state index in [0.717, 1.165) is 0 Å². The molecule has 0 radical (unpaired) electrons. The normalized spacial score (nSPS) is 29.0. The maximum atomic E-state index is 14.9. The van der Waals surface area contributed by atoms with Crippen LogP contribution in [0.25, 0.3) is 0 Å². The quantitative estimate of drug-likeness (QED) is 0.131. The lowest BCUT2D eigenvalue weighted by atomic mass is 10.1. The Labute approximate surface area is 721 Å². The zero-order chi connectivity index (χ0) is 86.7. The Kier molecular flexibility index (Phi) is 26.6. The van der Waals surface area contributed by atoms with Crippen molar-refractivity contribution in [2.75, 3.05) is 98.2 Å². The summed E-state index contributed by atoms with van der Waals surface area (Å²) in [7, 11) is 0. The number of pyridine rings is 2. The van der Waals surface area contributed by atoms with Gasteiger partial charge in [0, 0.05) is 123 Å². The van der Waals surface area contributed by atoms with Crippen LogP contribution >= 0.6 is 0 Å². The minimum Gasteiger partial charge on any atom is -0.480 e. The number of hydrogen-bond donors (Lipinski definition) is 3. The van der Waals surface area contributed by atoms with Gasteiger partial charge in [0.2, 0.25) is 82.7 Å². The molecule has 14 aliphatic heterocycles. The van der Waals surface area contributed by atoms with E-state index in [-0.39, 0.29) is 149 Å². The van der Waals surface area contributed by atoms with Crippen molar-refractivity contribution in [3.63, 3.8) is 0 Å². The molecule has 3 N–H and O–H groups in total. The van der Waals surface area contributed by atoms with Gasteiger partial charge in [0.1, 0.15) is 90.6 Å². The van der Waals surface area contributed by atoms with E-state index >= 15 is 0 Å². The molecule has 0 unspecified atom stereocenters. The highest BCUT2D eigenvalue weighted by Gasteiger charge is 2.55. The van der Waals surface area contributed by atoms with Crippen molar-refractivity contribution < 1.29 is 86.6 Å². The average Bonchev–Trinajstić information content (AvgIpc) is 1.49. The Hall–Kier alpha value is -10.7. The van der Waals surface area contributed by atoms with Gasteiger partial charge < -0.3 is 84.3 Å². The highest BCUT2D eigenvalue weighted by Crippen LogP contribution is 2.39. The summed E-state index contributed by atoms with van der Waals surface area (Å²) >= 11 is 0. The minimum absolute atomic E-state index is 0.0124. The molecule has 15 atom stereocenters. The molecule has 36 nitrogen and oxygen atoms in total. The molecule has 16 amide bonds. The van der Waals surface area contributed by atoms with Gasteiger partial charge in [-0.25, -0.2) is 4.79 Å². The summed E-state index contributed by atoms with van der Waals surface area (Å²) in [6, 6.07) is -6.71. The van der Waals surface area contributed by atoms with Crippen molar-refractivity contribution in [2.45, 2.75) is 290 Å². The zero-order valence-corrected chi connectivity index (χ0v) is 70.8. The molecule has 668 valence electrons. The molecule has 14 saturated heterocycles. The lowest BCUT2D eigenvalue weighted by Gasteiger charge is -2.37. The first-order valence-electron chi connectivity index (χ1n) is 46.0. The van der Waals surface area contributed by atoms with Crippen molar-refractivity contribution in [1.82, 2.24) is 89.2 Å². The Morgan fingerprint density at radius 1 is 0.282 bits per heavy atom. The second-order valence-electron chi connectivity index (χ2n) is 36.3. The fraction of sp³-hybridized carbons (Fsp3) is 0.693. The maximum Gasteiger partial charge on any atom is 0.326 e. The summed E-state index contributed by atoms with van der Waals surface area (Å²) in [5.41, 5.74) is 0.750. The predicted octanol–water partition coefficient (Wildman–Crippen LogP) is 1.13. The molecule has 0 spiro atoms. The summed E-state index contributed by atoms with van der Waals surface area (Å²) in [6.07, 6.45) is 19.5. The Bertz CT molecular complexity index is 4470. The van der Waals surface area contributed by atoms with E-state index < -0.39 is 120 Å². The first-order valence-corrected chi connectivity index (χ1v) is 46.0. The van der Waals surface area contributed by atoms with E-state index in [1.54, 1.807) is 85.7 Å². The van der Waals surface area contributed by atoms with Crippen LogP contribution in [-0.4, -0.2) is 373 Å². The van der Waals surface area contributed by atoms with Crippen molar-refractivity contribution in [2.24, 2.45) is 0 Å². The Balaban J connectivity index is 0.473. The molecule has 2 aromatic heterocycles. The van der Waals surface area contributed by atoms with Crippen molar-refractivity contribution in [1.29, 1.82) is 0 Å². The molecule has 0 saturated carbocycles. The van der Waals surface area contributed by atoms with E-state index in [0.29, 0.717) is 230 Å². The van der Waals surface area contributed by atoms with E-state index in [2.05, 4.69) is 20.6 Å². The number of hydrogen-bond acceptors (Lipinski definition) is 19. The number of unbranched alkanes of at least 4 members (excludes halogenated alkanes) is 1. The van der Waals surface area contributed by atoms with Gasteiger partial charge in [0.25, 0.3) is 11.8 Å². The number of amides is 16. The highest BCUT2D eigenvalue weighted by molar-refractivity contribution is 6.04.